The zero-order valence-corrected chi connectivity index (χ0v) is 14.1. The number of amides is 3. The maximum absolute atomic E-state index is 12.4. The Labute approximate surface area is 140 Å². The predicted molar refractivity (Wildman–Crippen MR) is 90.8 cm³/mol. The smallest absolute Gasteiger partial charge is 0.317 e. The summed E-state index contributed by atoms with van der Waals surface area (Å²) in [5.74, 6) is 0.0822. The van der Waals surface area contributed by atoms with Crippen LogP contribution in [0.4, 0.5) is 4.79 Å². The van der Waals surface area contributed by atoms with E-state index in [9.17, 15) is 9.59 Å². The molecule has 3 amide bonds. The van der Waals surface area contributed by atoms with Gasteiger partial charge >= 0.3 is 6.03 Å². The zero-order chi connectivity index (χ0) is 16.1. The number of nitrogens with one attached hydrogen (secondary N) is 2. The first-order valence-corrected chi connectivity index (χ1v) is 9.21. The molecule has 0 aliphatic carbocycles. The molecule has 3 rings (SSSR count). The lowest BCUT2D eigenvalue weighted by Gasteiger charge is -2.28. The third-order valence-electron chi connectivity index (χ3n) is 4.43. The van der Waals surface area contributed by atoms with Gasteiger partial charge in [0.1, 0.15) is 0 Å². The summed E-state index contributed by atoms with van der Waals surface area (Å²) in [5.41, 5.74) is 0. The summed E-state index contributed by atoms with van der Waals surface area (Å²) < 4.78 is 0. The van der Waals surface area contributed by atoms with Gasteiger partial charge in [0, 0.05) is 38.8 Å². The average molecular weight is 336 g/mol. The third-order valence-corrected chi connectivity index (χ3v) is 5.28. The third kappa shape index (κ3) is 4.23. The highest BCUT2D eigenvalue weighted by atomic mass is 32.1. The highest BCUT2D eigenvalue weighted by Crippen LogP contribution is 2.14. The Kier molecular flexibility index (Phi) is 5.51. The highest BCUT2D eigenvalue weighted by molar-refractivity contribution is 7.12. The van der Waals surface area contributed by atoms with Gasteiger partial charge in [-0.3, -0.25) is 4.79 Å². The van der Waals surface area contributed by atoms with Gasteiger partial charge in [-0.05, 0) is 37.3 Å². The maximum Gasteiger partial charge on any atom is 0.317 e. The van der Waals surface area contributed by atoms with E-state index in [1.165, 1.54) is 11.3 Å². The minimum atomic E-state index is 0.00382. The van der Waals surface area contributed by atoms with Crippen LogP contribution in [0.3, 0.4) is 0 Å². The molecule has 2 fully saturated rings. The van der Waals surface area contributed by atoms with E-state index in [1.807, 2.05) is 27.3 Å². The largest absolute Gasteiger partial charge is 0.336 e. The van der Waals surface area contributed by atoms with Gasteiger partial charge in [0.25, 0.3) is 5.91 Å². The second-order valence-electron chi connectivity index (χ2n) is 6.10. The molecule has 6 nitrogen and oxygen atoms in total. The van der Waals surface area contributed by atoms with Gasteiger partial charge in [0.15, 0.2) is 0 Å². The normalized spacial score (nSPS) is 22.5. The fraction of sp³-hybridized carbons (Fsp3) is 0.625. The van der Waals surface area contributed by atoms with Gasteiger partial charge in [-0.1, -0.05) is 6.07 Å². The highest BCUT2D eigenvalue weighted by Gasteiger charge is 2.24. The van der Waals surface area contributed by atoms with Gasteiger partial charge in [-0.15, -0.1) is 11.3 Å². The molecular weight excluding hydrogens is 312 g/mol. The monoisotopic (exact) mass is 336 g/mol. The van der Waals surface area contributed by atoms with E-state index in [0.717, 1.165) is 37.2 Å². The van der Waals surface area contributed by atoms with Crippen LogP contribution in [0.5, 0.6) is 0 Å². The molecule has 2 aliphatic rings. The van der Waals surface area contributed by atoms with Crippen LogP contribution in [0.2, 0.25) is 0 Å². The number of piperidine rings is 1. The van der Waals surface area contributed by atoms with Crippen molar-refractivity contribution in [1.29, 1.82) is 0 Å². The molecule has 0 spiro atoms. The molecule has 2 N–H and O–H groups in total. The molecule has 7 heteroatoms. The second-order valence-corrected chi connectivity index (χ2v) is 7.05. The lowest BCUT2D eigenvalue weighted by Crippen LogP contribution is -2.51. The van der Waals surface area contributed by atoms with E-state index in [2.05, 4.69) is 10.6 Å². The number of hydrogen-bond donors (Lipinski definition) is 2. The van der Waals surface area contributed by atoms with Crippen molar-refractivity contribution in [1.82, 2.24) is 20.4 Å². The number of rotatable bonds is 2. The van der Waals surface area contributed by atoms with Crippen LogP contribution < -0.4 is 10.6 Å². The Morgan fingerprint density at radius 1 is 1.17 bits per heavy atom. The van der Waals surface area contributed by atoms with Crippen molar-refractivity contribution in [3.63, 3.8) is 0 Å². The van der Waals surface area contributed by atoms with E-state index < -0.39 is 0 Å². The average Bonchev–Trinajstić information content (AvgIpc) is 2.99. The van der Waals surface area contributed by atoms with Gasteiger partial charge in [-0.2, -0.15) is 0 Å². The first-order chi connectivity index (χ1) is 11.2. The van der Waals surface area contributed by atoms with E-state index in [-0.39, 0.29) is 18.0 Å². The molecule has 1 atom stereocenters. The molecule has 0 bridgehead atoms. The van der Waals surface area contributed by atoms with Gasteiger partial charge in [-0.25, -0.2) is 4.79 Å². The maximum atomic E-state index is 12.4. The van der Waals surface area contributed by atoms with Crippen LogP contribution >= 0.6 is 11.3 Å². The van der Waals surface area contributed by atoms with Crippen LogP contribution in [0.25, 0.3) is 0 Å². The molecule has 0 aromatic carbocycles. The van der Waals surface area contributed by atoms with Crippen LogP contribution in [-0.2, 0) is 0 Å². The lowest BCUT2D eigenvalue weighted by atomic mass is 10.1. The van der Waals surface area contributed by atoms with Crippen molar-refractivity contribution < 1.29 is 9.59 Å². The lowest BCUT2D eigenvalue weighted by molar-refractivity contribution is 0.0767. The molecule has 2 aliphatic heterocycles. The molecule has 3 heterocycles. The Bertz CT molecular complexity index is 528. The topological polar surface area (TPSA) is 64.7 Å². The number of carbonyl (C=O) groups is 2. The van der Waals surface area contributed by atoms with Gasteiger partial charge < -0.3 is 20.4 Å². The molecule has 23 heavy (non-hydrogen) atoms. The van der Waals surface area contributed by atoms with E-state index >= 15 is 0 Å². The number of urea groups is 1. The Morgan fingerprint density at radius 2 is 2.00 bits per heavy atom. The molecule has 1 aromatic heterocycles. The van der Waals surface area contributed by atoms with Crippen molar-refractivity contribution in [3.8, 4) is 0 Å². The SMILES string of the molecule is O=C(N[C@@H]1CCCNC1)N1CCCN(C(=O)c2cccs2)CC1. The van der Waals surface area contributed by atoms with Crippen molar-refractivity contribution >= 4 is 23.3 Å². The van der Waals surface area contributed by atoms with Gasteiger partial charge in [0.2, 0.25) is 0 Å². The van der Waals surface area contributed by atoms with Crippen LogP contribution in [0.1, 0.15) is 28.9 Å². The van der Waals surface area contributed by atoms with Crippen LogP contribution in [-0.4, -0.2) is 67.0 Å². The number of thiophene rings is 1. The summed E-state index contributed by atoms with van der Waals surface area (Å²) in [4.78, 5) is 29.3. The molecule has 1 aromatic rings. The van der Waals surface area contributed by atoms with E-state index in [4.69, 9.17) is 0 Å². The molecule has 2 saturated heterocycles. The minimum Gasteiger partial charge on any atom is -0.336 e. The van der Waals surface area contributed by atoms with Gasteiger partial charge in [0.05, 0.1) is 4.88 Å². The van der Waals surface area contributed by atoms with E-state index in [1.54, 1.807) is 0 Å². The molecule has 0 radical (unpaired) electrons. The first kappa shape index (κ1) is 16.3. The number of hydrogen-bond acceptors (Lipinski definition) is 4. The molecule has 0 saturated carbocycles. The summed E-state index contributed by atoms with van der Waals surface area (Å²) in [6.45, 7) is 4.51. The van der Waals surface area contributed by atoms with E-state index in [0.29, 0.717) is 26.2 Å². The summed E-state index contributed by atoms with van der Waals surface area (Å²) in [6.07, 6.45) is 2.97. The molecular formula is C16H24N4O2S. The van der Waals surface area contributed by atoms with Crippen molar-refractivity contribution in [3.05, 3.63) is 22.4 Å². The second kappa shape index (κ2) is 7.79. The fourth-order valence-electron chi connectivity index (χ4n) is 3.12. The zero-order valence-electron chi connectivity index (χ0n) is 13.3. The predicted octanol–water partition coefficient (Wildman–Crippen LogP) is 1.36. The van der Waals surface area contributed by atoms with Crippen molar-refractivity contribution in [2.75, 3.05) is 39.3 Å². The standard InChI is InChI=1S/C16H24N4O2S/c21-15(14-5-2-11-23-14)19-7-3-8-20(10-9-19)16(22)18-13-4-1-6-17-12-13/h2,5,11,13,17H,1,3-4,6-10,12H2,(H,18,22)/t13-/m1/s1. The van der Waals surface area contributed by atoms with Crippen LogP contribution in [0, 0.1) is 0 Å². The summed E-state index contributed by atoms with van der Waals surface area (Å²) in [6, 6.07) is 3.99. The molecule has 126 valence electrons. The Morgan fingerprint density at radius 3 is 2.74 bits per heavy atom. The minimum absolute atomic E-state index is 0.00382. The first-order valence-electron chi connectivity index (χ1n) is 8.33. The Hall–Kier alpha value is -1.60. The molecule has 0 unspecified atom stereocenters. The van der Waals surface area contributed by atoms with Crippen molar-refractivity contribution in [2.24, 2.45) is 0 Å². The van der Waals surface area contributed by atoms with Crippen LogP contribution in [0.15, 0.2) is 17.5 Å². The van der Waals surface area contributed by atoms with Crippen molar-refractivity contribution in [2.45, 2.75) is 25.3 Å². The quantitative estimate of drug-likeness (QED) is 0.857. The number of nitrogens with zero attached hydrogens (tertiary/aromatic N) is 2. The Balaban J connectivity index is 1.51. The summed E-state index contributed by atoms with van der Waals surface area (Å²) in [7, 11) is 0. The summed E-state index contributed by atoms with van der Waals surface area (Å²) in [5, 5.41) is 8.34. The number of carbonyl (C=O) groups excluding carboxylic acids is 2. The fourth-order valence-corrected chi connectivity index (χ4v) is 3.81. The summed E-state index contributed by atoms with van der Waals surface area (Å²) >= 11 is 1.47.